The predicted octanol–water partition coefficient (Wildman–Crippen LogP) is 0.683. The first-order valence-electron chi connectivity index (χ1n) is 11.9. The molecule has 200 valence electrons. The minimum absolute atomic E-state index is 0.0510. The molecule has 11 N–H and O–H groups in total. The molecule has 15 heteroatoms. The van der Waals surface area contributed by atoms with E-state index in [0.29, 0.717) is 12.5 Å². The summed E-state index contributed by atoms with van der Waals surface area (Å²) in [6.45, 7) is 0.453. The van der Waals surface area contributed by atoms with Crippen LogP contribution in [0, 0.1) is 5.92 Å². The highest BCUT2D eigenvalue weighted by atomic mass is 35.5. The molecule has 1 fully saturated rings. The second-order valence-electron chi connectivity index (χ2n) is 8.75. The normalized spacial score (nSPS) is 18.8. The quantitative estimate of drug-likeness (QED) is 0.140. The summed E-state index contributed by atoms with van der Waals surface area (Å²) in [6.07, 6.45) is 6.72. The van der Waals surface area contributed by atoms with Crippen LogP contribution in [0.4, 0.5) is 17.5 Å². The highest BCUT2D eigenvalue weighted by Gasteiger charge is 2.29. The molecule has 2 heterocycles. The highest BCUT2D eigenvalue weighted by Crippen LogP contribution is 2.32. The molecule has 0 aromatic carbocycles. The van der Waals surface area contributed by atoms with Crippen molar-refractivity contribution >= 4 is 46.8 Å². The summed E-state index contributed by atoms with van der Waals surface area (Å²) in [5.41, 5.74) is 28.0. The average Bonchev–Trinajstić information content (AvgIpc) is 2.85. The number of halogens is 1. The Bertz CT molecular complexity index is 1140. The standard InChI is InChI=1S/C22H32ClN11O3/c23-16-18(26)33-17(25)14(32-16)21(36)34-22(28)30-9-2-1-3-11-4-6-12(7-5-11)37-15(19(27)35)20-29-10-8-13(24)31-20/h8,10-12,15H,1-7,9H2,(H2,27,35)(H2,24,29,31)(H4,25,26,33)(H3,28,30,34,36). The molecule has 2 aromatic rings. The van der Waals surface area contributed by atoms with Crippen molar-refractivity contribution in [2.45, 2.75) is 57.2 Å². The number of nitrogens with zero attached hydrogens (tertiary/aromatic N) is 5. The number of guanidine groups is 1. The summed E-state index contributed by atoms with van der Waals surface area (Å²) < 4.78 is 5.94. The van der Waals surface area contributed by atoms with Crippen LogP contribution in [-0.4, -0.2) is 50.4 Å². The van der Waals surface area contributed by atoms with Crippen LogP contribution in [0.5, 0.6) is 0 Å². The number of nitrogens with one attached hydrogen (secondary N) is 1. The number of nitrogen functional groups attached to an aromatic ring is 3. The number of rotatable bonds is 10. The van der Waals surface area contributed by atoms with Crippen LogP contribution in [0.15, 0.2) is 17.3 Å². The zero-order chi connectivity index (χ0) is 26.9. The van der Waals surface area contributed by atoms with Crippen LogP contribution in [0.2, 0.25) is 5.15 Å². The second-order valence-corrected chi connectivity index (χ2v) is 9.11. The number of carbonyl (C=O) groups excluding carboxylic acids is 2. The van der Waals surface area contributed by atoms with Gasteiger partial charge in [-0.3, -0.25) is 19.9 Å². The van der Waals surface area contributed by atoms with Gasteiger partial charge in [0.05, 0.1) is 6.10 Å². The molecule has 3 rings (SSSR count). The van der Waals surface area contributed by atoms with Gasteiger partial charge in [-0.25, -0.2) is 19.9 Å². The Balaban J connectivity index is 1.36. The van der Waals surface area contributed by atoms with E-state index in [4.69, 9.17) is 45.0 Å². The molecular weight excluding hydrogens is 502 g/mol. The Hall–Kier alpha value is -3.78. The molecule has 1 atom stereocenters. The molecule has 1 saturated carbocycles. The van der Waals surface area contributed by atoms with E-state index in [2.05, 4.69) is 30.2 Å². The fourth-order valence-electron chi connectivity index (χ4n) is 4.09. The van der Waals surface area contributed by atoms with Gasteiger partial charge in [0.15, 0.2) is 40.4 Å². The number of amides is 2. The van der Waals surface area contributed by atoms with E-state index >= 15 is 0 Å². The maximum atomic E-state index is 12.3. The second kappa shape index (κ2) is 13.0. The zero-order valence-electron chi connectivity index (χ0n) is 20.3. The summed E-state index contributed by atoms with van der Waals surface area (Å²) in [4.78, 5) is 44.0. The van der Waals surface area contributed by atoms with Crippen molar-refractivity contribution in [3.05, 3.63) is 28.9 Å². The molecule has 0 bridgehead atoms. The van der Waals surface area contributed by atoms with Crippen molar-refractivity contribution in [2.24, 2.45) is 22.4 Å². The SMILES string of the molecule is NC(=O)C(OC1CCC(CCCCN=C(N)NC(=O)c2nc(Cl)c(N)nc2N)CC1)c1nccc(N)n1. The van der Waals surface area contributed by atoms with E-state index in [0.717, 1.165) is 44.9 Å². The lowest BCUT2D eigenvalue weighted by atomic mass is 9.84. The van der Waals surface area contributed by atoms with Crippen molar-refractivity contribution in [3.8, 4) is 0 Å². The van der Waals surface area contributed by atoms with Crippen molar-refractivity contribution < 1.29 is 14.3 Å². The van der Waals surface area contributed by atoms with Gasteiger partial charge in [-0.1, -0.05) is 24.4 Å². The lowest BCUT2D eigenvalue weighted by Crippen LogP contribution is -2.38. The van der Waals surface area contributed by atoms with E-state index in [1.165, 1.54) is 12.3 Å². The summed E-state index contributed by atoms with van der Waals surface area (Å²) in [6, 6.07) is 1.53. The number of aliphatic imine (C=N–C) groups is 1. The fraction of sp³-hybridized carbons (Fsp3) is 0.500. The van der Waals surface area contributed by atoms with E-state index in [1.807, 2.05) is 0 Å². The number of anilines is 3. The van der Waals surface area contributed by atoms with Gasteiger partial charge in [0.1, 0.15) is 5.82 Å². The number of hydrogen-bond acceptors (Lipinski definition) is 11. The monoisotopic (exact) mass is 533 g/mol. The lowest BCUT2D eigenvalue weighted by Gasteiger charge is -2.30. The third kappa shape index (κ3) is 8.11. The fourth-order valence-corrected chi connectivity index (χ4v) is 4.21. The predicted molar refractivity (Wildman–Crippen MR) is 139 cm³/mol. The van der Waals surface area contributed by atoms with Gasteiger partial charge in [0.25, 0.3) is 11.8 Å². The third-order valence-electron chi connectivity index (χ3n) is 5.98. The number of unbranched alkanes of at least 4 members (excludes halogenated alkanes) is 1. The number of hydrogen-bond donors (Lipinski definition) is 6. The molecule has 14 nitrogen and oxygen atoms in total. The molecule has 0 saturated heterocycles. The number of nitrogens with two attached hydrogens (primary N) is 5. The molecule has 37 heavy (non-hydrogen) atoms. The van der Waals surface area contributed by atoms with E-state index in [-0.39, 0.29) is 46.2 Å². The topological polar surface area (TPSA) is 249 Å². The highest BCUT2D eigenvalue weighted by molar-refractivity contribution is 6.31. The zero-order valence-corrected chi connectivity index (χ0v) is 21.0. The van der Waals surface area contributed by atoms with E-state index < -0.39 is 17.9 Å². The molecule has 1 aliphatic rings. The molecule has 2 aromatic heterocycles. The van der Waals surface area contributed by atoms with Crippen LogP contribution in [0.3, 0.4) is 0 Å². The minimum Gasteiger partial charge on any atom is -0.384 e. The van der Waals surface area contributed by atoms with Crippen LogP contribution >= 0.6 is 11.6 Å². The first-order chi connectivity index (χ1) is 17.6. The van der Waals surface area contributed by atoms with Crippen molar-refractivity contribution in [3.63, 3.8) is 0 Å². The van der Waals surface area contributed by atoms with Gasteiger partial charge in [-0.05, 0) is 44.1 Å². The number of aromatic nitrogens is 4. The van der Waals surface area contributed by atoms with Crippen molar-refractivity contribution in [1.29, 1.82) is 0 Å². The van der Waals surface area contributed by atoms with Gasteiger partial charge in [-0.15, -0.1) is 0 Å². The Morgan fingerprint density at radius 2 is 1.81 bits per heavy atom. The number of ether oxygens (including phenoxy) is 1. The lowest BCUT2D eigenvalue weighted by molar-refractivity contribution is -0.136. The molecule has 1 aliphatic carbocycles. The smallest absolute Gasteiger partial charge is 0.280 e. The molecule has 0 radical (unpaired) electrons. The molecule has 2 amide bonds. The molecular formula is C22H32ClN11O3. The average molecular weight is 534 g/mol. The molecule has 1 unspecified atom stereocenters. The van der Waals surface area contributed by atoms with Crippen LogP contribution in [-0.2, 0) is 9.53 Å². The van der Waals surface area contributed by atoms with Crippen molar-refractivity contribution in [2.75, 3.05) is 23.7 Å². The van der Waals surface area contributed by atoms with Gasteiger partial charge in [-0.2, -0.15) is 0 Å². The molecule has 0 aliphatic heterocycles. The Kier molecular flexibility index (Phi) is 9.74. The number of carbonyl (C=O) groups is 2. The Morgan fingerprint density at radius 3 is 2.49 bits per heavy atom. The first-order valence-corrected chi connectivity index (χ1v) is 12.2. The van der Waals surface area contributed by atoms with Gasteiger partial charge in [0, 0.05) is 12.7 Å². The van der Waals surface area contributed by atoms with E-state index in [9.17, 15) is 9.59 Å². The van der Waals surface area contributed by atoms with Crippen molar-refractivity contribution in [1.82, 2.24) is 25.3 Å². The third-order valence-corrected chi connectivity index (χ3v) is 6.25. The first kappa shape index (κ1) is 27.8. The van der Waals surface area contributed by atoms with Gasteiger partial charge < -0.3 is 33.4 Å². The van der Waals surface area contributed by atoms with Crippen LogP contribution in [0.1, 0.15) is 67.4 Å². The van der Waals surface area contributed by atoms with E-state index in [1.54, 1.807) is 0 Å². The summed E-state index contributed by atoms with van der Waals surface area (Å²) in [7, 11) is 0. The van der Waals surface area contributed by atoms with Gasteiger partial charge in [0.2, 0.25) is 0 Å². The minimum atomic E-state index is -1.02. The number of primary amides is 1. The van der Waals surface area contributed by atoms with Crippen LogP contribution < -0.4 is 34.0 Å². The molecule has 0 spiro atoms. The maximum Gasteiger partial charge on any atom is 0.280 e. The summed E-state index contributed by atoms with van der Waals surface area (Å²) in [5, 5.41) is 2.28. The largest absolute Gasteiger partial charge is 0.384 e. The Labute approximate surface area is 218 Å². The summed E-state index contributed by atoms with van der Waals surface area (Å²) >= 11 is 5.79. The Morgan fingerprint density at radius 1 is 1.08 bits per heavy atom. The van der Waals surface area contributed by atoms with Gasteiger partial charge >= 0.3 is 0 Å². The summed E-state index contributed by atoms with van der Waals surface area (Å²) in [5.74, 6) is -0.609. The maximum absolute atomic E-state index is 12.3. The van der Waals surface area contributed by atoms with Crippen LogP contribution in [0.25, 0.3) is 0 Å².